The first-order chi connectivity index (χ1) is 15.1. The van der Waals surface area contributed by atoms with Crippen molar-refractivity contribution >= 4 is 33.2 Å². The molecule has 0 aliphatic carbocycles. The number of nitrogens with zero attached hydrogens (tertiary/aromatic N) is 1. The summed E-state index contributed by atoms with van der Waals surface area (Å²) in [4.78, 5) is 12.6. The molecule has 4 aromatic rings. The highest BCUT2D eigenvalue weighted by molar-refractivity contribution is 6.06. The molecule has 6 heteroatoms. The largest absolute Gasteiger partial charge is 0.507 e. The van der Waals surface area contributed by atoms with Crippen LogP contribution < -0.4 is 14.9 Å². The number of benzene rings is 4. The Bertz CT molecular complexity index is 1350. The summed E-state index contributed by atoms with van der Waals surface area (Å²) < 4.78 is 11.6. The summed E-state index contributed by atoms with van der Waals surface area (Å²) in [5.74, 6) is 0.853. The Hall–Kier alpha value is -4.06. The van der Waals surface area contributed by atoms with Crippen LogP contribution in [0.5, 0.6) is 17.2 Å². The number of hydrazone groups is 1. The number of fused-ring (bicyclic) bond motifs is 3. The van der Waals surface area contributed by atoms with E-state index in [2.05, 4.69) is 10.5 Å². The van der Waals surface area contributed by atoms with Crippen molar-refractivity contribution in [1.82, 2.24) is 5.43 Å². The maximum atomic E-state index is 12.6. The molecule has 1 heterocycles. The zero-order chi connectivity index (χ0) is 21.4. The van der Waals surface area contributed by atoms with Crippen LogP contribution in [0.1, 0.15) is 12.5 Å². The normalized spacial score (nSPS) is 15.8. The van der Waals surface area contributed by atoms with Gasteiger partial charge in [0.15, 0.2) is 11.5 Å². The van der Waals surface area contributed by atoms with Crippen molar-refractivity contribution in [2.75, 3.05) is 6.61 Å². The topological polar surface area (TPSA) is 80.2 Å². The van der Waals surface area contributed by atoms with E-state index in [-0.39, 0.29) is 12.4 Å². The predicted molar refractivity (Wildman–Crippen MR) is 120 cm³/mol. The van der Waals surface area contributed by atoms with Gasteiger partial charge in [-0.05, 0) is 41.3 Å². The number of carbonyl (C=O) groups is 1. The molecule has 0 fully saturated rings. The molecule has 154 valence electrons. The Morgan fingerprint density at radius 1 is 0.968 bits per heavy atom. The smallest absolute Gasteiger partial charge is 0.284 e. The number of ether oxygens (including phenoxy) is 2. The van der Waals surface area contributed by atoms with Gasteiger partial charge in [0.05, 0.1) is 5.71 Å². The van der Waals surface area contributed by atoms with Gasteiger partial charge in [0, 0.05) is 10.9 Å². The number of carbonyl (C=O) groups excluding carboxylic acids is 1. The van der Waals surface area contributed by atoms with Gasteiger partial charge >= 0.3 is 0 Å². The lowest BCUT2D eigenvalue weighted by molar-refractivity contribution is -0.130. The van der Waals surface area contributed by atoms with E-state index >= 15 is 0 Å². The number of nitrogens with one attached hydrogen (secondary N) is 1. The maximum absolute atomic E-state index is 12.6. The van der Waals surface area contributed by atoms with Crippen molar-refractivity contribution < 1.29 is 19.4 Å². The van der Waals surface area contributed by atoms with Crippen molar-refractivity contribution in [1.29, 1.82) is 0 Å². The number of aromatic hydroxyl groups is 1. The fraction of sp³-hybridized carbons (Fsp3) is 0.120. The molecule has 2 N–H and O–H groups in total. The second-order valence-electron chi connectivity index (χ2n) is 7.42. The van der Waals surface area contributed by atoms with Crippen molar-refractivity contribution in [3.8, 4) is 17.2 Å². The molecule has 0 aromatic heterocycles. The lowest BCUT2D eigenvalue weighted by atomic mass is 10.0. The van der Waals surface area contributed by atoms with E-state index in [1.54, 1.807) is 13.0 Å². The molecule has 5 rings (SSSR count). The molecule has 1 aliphatic heterocycles. The van der Waals surface area contributed by atoms with E-state index in [0.29, 0.717) is 22.8 Å². The second kappa shape index (κ2) is 7.65. The second-order valence-corrected chi connectivity index (χ2v) is 7.42. The highest BCUT2D eigenvalue weighted by Crippen LogP contribution is 2.36. The van der Waals surface area contributed by atoms with Crippen LogP contribution in [0.15, 0.2) is 77.9 Å². The van der Waals surface area contributed by atoms with Crippen LogP contribution in [0, 0.1) is 0 Å². The molecule has 4 aromatic carbocycles. The molecule has 31 heavy (non-hydrogen) atoms. The average Bonchev–Trinajstić information content (AvgIpc) is 2.81. The Balaban J connectivity index is 1.33. The van der Waals surface area contributed by atoms with E-state index in [0.717, 1.165) is 21.5 Å². The van der Waals surface area contributed by atoms with Gasteiger partial charge in [-0.2, -0.15) is 5.10 Å². The summed E-state index contributed by atoms with van der Waals surface area (Å²) in [6.07, 6.45) is -0.824. The van der Waals surface area contributed by atoms with Crippen LogP contribution in [-0.2, 0) is 4.79 Å². The van der Waals surface area contributed by atoms with Gasteiger partial charge in [-0.25, -0.2) is 5.43 Å². The van der Waals surface area contributed by atoms with Crippen LogP contribution in [-0.4, -0.2) is 29.4 Å². The van der Waals surface area contributed by atoms with Crippen LogP contribution in [0.25, 0.3) is 21.5 Å². The van der Waals surface area contributed by atoms with Gasteiger partial charge < -0.3 is 14.6 Å². The molecule has 1 amide bonds. The molecular weight excluding hydrogens is 392 g/mol. The van der Waals surface area contributed by atoms with Gasteiger partial charge in [-0.3, -0.25) is 4.79 Å². The van der Waals surface area contributed by atoms with Gasteiger partial charge in [0.2, 0.25) is 6.10 Å². The fourth-order valence-corrected chi connectivity index (χ4v) is 3.70. The zero-order valence-corrected chi connectivity index (χ0v) is 16.8. The predicted octanol–water partition coefficient (Wildman–Crippen LogP) is 4.38. The number of amides is 1. The van der Waals surface area contributed by atoms with E-state index in [1.165, 1.54) is 0 Å². The Kier molecular flexibility index (Phi) is 4.67. The zero-order valence-electron chi connectivity index (χ0n) is 16.8. The highest BCUT2D eigenvalue weighted by atomic mass is 16.6. The van der Waals surface area contributed by atoms with Gasteiger partial charge in [0.1, 0.15) is 12.4 Å². The Morgan fingerprint density at radius 3 is 2.42 bits per heavy atom. The minimum atomic E-state index is -0.824. The van der Waals surface area contributed by atoms with Crippen LogP contribution in [0.3, 0.4) is 0 Å². The highest BCUT2D eigenvalue weighted by Gasteiger charge is 2.28. The Morgan fingerprint density at radius 2 is 1.65 bits per heavy atom. The SMILES string of the molecule is C/C(=N\NC(=O)C1COc2cc3ccccc3cc2O1)c1ccc2ccccc2c1O. The first kappa shape index (κ1) is 18.9. The van der Waals surface area contributed by atoms with Crippen molar-refractivity contribution in [2.45, 2.75) is 13.0 Å². The number of phenols is 1. The number of phenolic OH excluding ortho intramolecular Hbond substituents is 1. The fourth-order valence-electron chi connectivity index (χ4n) is 3.70. The van der Waals surface area contributed by atoms with Crippen molar-refractivity contribution in [3.05, 3.63) is 78.4 Å². The Labute approximate surface area is 178 Å². The van der Waals surface area contributed by atoms with E-state index < -0.39 is 12.0 Å². The van der Waals surface area contributed by atoms with Crippen molar-refractivity contribution in [3.63, 3.8) is 0 Å². The minimum Gasteiger partial charge on any atom is -0.507 e. The summed E-state index contributed by atoms with van der Waals surface area (Å²) in [5, 5.41) is 18.5. The summed E-state index contributed by atoms with van der Waals surface area (Å²) in [6.45, 7) is 1.82. The van der Waals surface area contributed by atoms with Gasteiger partial charge in [-0.15, -0.1) is 0 Å². The van der Waals surface area contributed by atoms with E-state index in [1.807, 2.05) is 66.7 Å². The molecule has 0 saturated heterocycles. The first-order valence-corrected chi connectivity index (χ1v) is 9.97. The minimum absolute atomic E-state index is 0.0902. The standard InChI is InChI=1S/C25H20N2O4/c1-15(19-11-10-16-6-4-5-9-20(16)24(19)28)26-27-25(29)23-14-30-21-12-17-7-2-3-8-18(17)13-22(21)31-23/h2-13,23,28H,14H2,1H3,(H,27,29)/b26-15+. The van der Waals surface area contributed by atoms with Crippen LogP contribution in [0.4, 0.5) is 0 Å². The quantitative estimate of drug-likeness (QED) is 0.387. The van der Waals surface area contributed by atoms with Crippen LogP contribution in [0.2, 0.25) is 0 Å². The summed E-state index contributed by atoms with van der Waals surface area (Å²) >= 11 is 0. The average molecular weight is 412 g/mol. The number of rotatable bonds is 3. The summed E-state index contributed by atoms with van der Waals surface area (Å²) in [5.41, 5.74) is 3.57. The molecule has 0 spiro atoms. The molecule has 1 atom stereocenters. The molecule has 0 saturated carbocycles. The third kappa shape index (κ3) is 3.53. The molecule has 0 radical (unpaired) electrons. The monoisotopic (exact) mass is 412 g/mol. The third-order valence-corrected chi connectivity index (χ3v) is 5.39. The maximum Gasteiger partial charge on any atom is 0.284 e. The molecule has 6 nitrogen and oxygen atoms in total. The first-order valence-electron chi connectivity index (χ1n) is 9.97. The lowest BCUT2D eigenvalue weighted by Crippen LogP contribution is -2.42. The molecule has 0 bridgehead atoms. The number of hydrogen-bond donors (Lipinski definition) is 2. The van der Waals surface area contributed by atoms with Gasteiger partial charge in [0.25, 0.3) is 5.91 Å². The van der Waals surface area contributed by atoms with Crippen molar-refractivity contribution in [2.24, 2.45) is 5.10 Å². The molecule has 1 aliphatic rings. The van der Waals surface area contributed by atoms with Gasteiger partial charge in [-0.1, -0.05) is 54.6 Å². The van der Waals surface area contributed by atoms with E-state index in [4.69, 9.17) is 9.47 Å². The molecular formula is C25H20N2O4. The molecule has 1 unspecified atom stereocenters. The van der Waals surface area contributed by atoms with Crippen LogP contribution >= 0.6 is 0 Å². The summed E-state index contributed by atoms with van der Waals surface area (Å²) in [6, 6.07) is 22.9. The lowest BCUT2D eigenvalue weighted by Gasteiger charge is -2.25. The summed E-state index contributed by atoms with van der Waals surface area (Å²) in [7, 11) is 0. The van der Waals surface area contributed by atoms with E-state index in [9.17, 15) is 9.90 Å². The third-order valence-electron chi connectivity index (χ3n) is 5.39. The number of hydrogen-bond acceptors (Lipinski definition) is 5.